The van der Waals surface area contributed by atoms with E-state index in [-0.39, 0.29) is 29.8 Å². The summed E-state index contributed by atoms with van der Waals surface area (Å²) in [5, 5.41) is 12.0. The standard InChI is InChI=1S/C10H11F2NO/c1-5-2-8(11)10-7(9(5)12)3-6(14)4-13-10/h2,6,13-14H,3-4H2,1H3. The van der Waals surface area contributed by atoms with E-state index in [2.05, 4.69) is 5.32 Å². The Labute approximate surface area is 80.6 Å². The van der Waals surface area contributed by atoms with Crippen molar-refractivity contribution in [1.82, 2.24) is 0 Å². The van der Waals surface area contributed by atoms with Crippen molar-refractivity contribution in [2.75, 3.05) is 11.9 Å². The Morgan fingerprint density at radius 3 is 2.93 bits per heavy atom. The van der Waals surface area contributed by atoms with Crippen LogP contribution in [-0.4, -0.2) is 17.8 Å². The number of β-amino-alcohol motifs (C(OH)–C–C–N with tert-alkyl or cyclic N) is 1. The molecule has 1 aromatic carbocycles. The fourth-order valence-corrected chi connectivity index (χ4v) is 1.73. The Balaban J connectivity index is 2.57. The monoisotopic (exact) mass is 199 g/mol. The van der Waals surface area contributed by atoms with Crippen LogP contribution in [0.1, 0.15) is 11.1 Å². The van der Waals surface area contributed by atoms with Gasteiger partial charge >= 0.3 is 0 Å². The van der Waals surface area contributed by atoms with Crippen molar-refractivity contribution in [3.63, 3.8) is 0 Å². The Bertz CT molecular complexity index is 379. The van der Waals surface area contributed by atoms with Gasteiger partial charge in [-0.25, -0.2) is 8.78 Å². The highest BCUT2D eigenvalue weighted by molar-refractivity contribution is 5.56. The van der Waals surface area contributed by atoms with Gasteiger partial charge < -0.3 is 10.4 Å². The molecule has 14 heavy (non-hydrogen) atoms. The number of hydrogen-bond donors (Lipinski definition) is 2. The average molecular weight is 199 g/mol. The summed E-state index contributed by atoms with van der Waals surface area (Å²) in [6.07, 6.45) is -0.467. The summed E-state index contributed by atoms with van der Waals surface area (Å²) >= 11 is 0. The first-order valence-electron chi connectivity index (χ1n) is 4.49. The largest absolute Gasteiger partial charge is 0.391 e. The molecule has 0 amide bonds. The van der Waals surface area contributed by atoms with Crippen LogP contribution in [0.15, 0.2) is 6.07 Å². The van der Waals surface area contributed by atoms with Crippen LogP contribution in [0, 0.1) is 18.6 Å². The summed E-state index contributed by atoms with van der Waals surface area (Å²) < 4.78 is 26.8. The molecule has 1 aromatic rings. The molecular formula is C10H11F2NO. The van der Waals surface area contributed by atoms with Crippen LogP contribution in [0.3, 0.4) is 0 Å². The average Bonchev–Trinajstić information content (AvgIpc) is 2.14. The first-order chi connectivity index (χ1) is 6.59. The summed E-state index contributed by atoms with van der Waals surface area (Å²) in [7, 11) is 0. The molecule has 2 nitrogen and oxygen atoms in total. The Morgan fingerprint density at radius 1 is 1.50 bits per heavy atom. The number of aliphatic hydroxyl groups is 1. The highest BCUT2D eigenvalue weighted by Gasteiger charge is 2.23. The molecule has 76 valence electrons. The number of rotatable bonds is 0. The molecule has 0 saturated heterocycles. The third-order valence-electron chi connectivity index (χ3n) is 2.45. The van der Waals surface area contributed by atoms with Crippen LogP contribution in [0.4, 0.5) is 14.5 Å². The van der Waals surface area contributed by atoms with Gasteiger partial charge in [0.05, 0.1) is 11.8 Å². The highest BCUT2D eigenvalue weighted by atomic mass is 19.1. The molecule has 2 rings (SSSR count). The van der Waals surface area contributed by atoms with E-state index in [1.807, 2.05) is 0 Å². The van der Waals surface area contributed by atoms with E-state index < -0.39 is 17.7 Å². The van der Waals surface area contributed by atoms with Crippen LogP contribution in [0.2, 0.25) is 0 Å². The van der Waals surface area contributed by atoms with Gasteiger partial charge in [0.1, 0.15) is 11.6 Å². The SMILES string of the molecule is Cc1cc(F)c2c(c1F)CC(O)CN2. The van der Waals surface area contributed by atoms with Gasteiger partial charge in [-0.15, -0.1) is 0 Å². The topological polar surface area (TPSA) is 32.3 Å². The zero-order valence-corrected chi connectivity index (χ0v) is 7.77. The van der Waals surface area contributed by atoms with Crippen LogP contribution >= 0.6 is 0 Å². The number of hydrogen-bond acceptors (Lipinski definition) is 2. The molecule has 4 heteroatoms. The molecule has 0 radical (unpaired) electrons. The smallest absolute Gasteiger partial charge is 0.147 e. The lowest BCUT2D eigenvalue weighted by atomic mass is 9.98. The second-order valence-corrected chi connectivity index (χ2v) is 3.58. The van der Waals surface area contributed by atoms with E-state index in [9.17, 15) is 13.9 Å². The summed E-state index contributed by atoms with van der Waals surface area (Å²) in [6, 6.07) is 1.17. The minimum atomic E-state index is -0.641. The van der Waals surface area contributed by atoms with Gasteiger partial charge in [-0.1, -0.05) is 0 Å². The minimum Gasteiger partial charge on any atom is -0.391 e. The van der Waals surface area contributed by atoms with Crippen molar-refractivity contribution in [2.24, 2.45) is 0 Å². The van der Waals surface area contributed by atoms with Crippen LogP contribution in [-0.2, 0) is 6.42 Å². The molecule has 1 aliphatic heterocycles. The molecule has 0 aromatic heterocycles. The number of benzene rings is 1. The van der Waals surface area contributed by atoms with Crippen molar-refractivity contribution in [3.05, 3.63) is 28.8 Å². The van der Waals surface area contributed by atoms with E-state index in [0.717, 1.165) is 0 Å². The Hall–Kier alpha value is -1.16. The fourth-order valence-electron chi connectivity index (χ4n) is 1.73. The van der Waals surface area contributed by atoms with E-state index >= 15 is 0 Å². The number of aliphatic hydroxyl groups excluding tert-OH is 1. The number of fused-ring (bicyclic) bond motifs is 1. The normalized spacial score (nSPS) is 20.1. The minimum absolute atomic E-state index is 0.173. The lowest BCUT2D eigenvalue weighted by Crippen LogP contribution is -2.29. The third kappa shape index (κ3) is 1.35. The maximum atomic E-state index is 13.5. The molecule has 0 aliphatic carbocycles. The van der Waals surface area contributed by atoms with Gasteiger partial charge in [0, 0.05) is 18.5 Å². The first-order valence-corrected chi connectivity index (χ1v) is 4.49. The summed E-state index contributed by atoms with van der Waals surface area (Å²) in [5.41, 5.74) is 0.719. The zero-order chi connectivity index (χ0) is 10.3. The molecule has 2 N–H and O–H groups in total. The second kappa shape index (κ2) is 3.20. The van der Waals surface area contributed by atoms with E-state index in [0.29, 0.717) is 0 Å². The van der Waals surface area contributed by atoms with Crippen LogP contribution in [0.5, 0.6) is 0 Å². The maximum absolute atomic E-state index is 13.5. The second-order valence-electron chi connectivity index (χ2n) is 3.58. The van der Waals surface area contributed by atoms with Crippen molar-refractivity contribution < 1.29 is 13.9 Å². The number of nitrogens with one attached hydrogen (secondary N) is 1. The molecule has 0 spiro atoms. The van der Waals surface area contributed by atoms with Crippen molar-refractivity contribution in [3.8, 4) is 0 Å². The molecule has 1 unspecified atom stereocenters. The quantitative estimate of drug-likeness (QED) is 0.665. The number of aryl methyl sites for hydroxylation is 1. The van der Waals surface area contributed by atoms with E-state index in [4.69, 9.17) is 0 Å². The van der Waals surface area contributed by atoms with Crippen molar-refractivity contribution in [1.29, 1.82) is 0 Å². The first kappa shape index (κ1) is 9.40. The lowest BCUT2D eigenvalue weighted by Gasteiger charge is -2.24. The van der Waals surface area contributed by atoms with Crippen LogP contribution in [0.25, 0.3) is 0 Å². The molecule has 0 fully saturated rings. The van der Waals surface area contributed by atoms with Gasteiger partial charge in [-0.05, 0) is 18.6 Å². The van der Waals surface area contributed by atoms with E-state index in [1.165, 1.54) is 13.0 Å². The maximum Gasteiger partial charge on any atom is 0.147 e. The predicted molar refractivity (Wildman–Crippen MR) is 49.3 cm³/mol. The third-order valence-corrected chi connectivity index (χ3v) is 2.45. The van der Waals surface area contributed by atoms with Gasteiger partial charge in [0.25, 0.3) is 0 Å². The zero-order valence-electron chi connectivity index (χ0n) is 7.77. The molecule has 1 heterocycles. The van der Waals surface area contributed by atoms with Gasteiger partial charge in [0.2, 0.25) is 0 Å². The van der Waals surface area contributed by atoms with Crippen LogP contribution < -0.4 is 5.32 Å². The Morgan fingerprint density at radius 2 is 2.21 bits per heavy atom. The van der Waals surface area contributed by atoms with Crippen molar-refractivity contribution in [2.45, 2.75) is 19.4 Å². The lowest BCUT2D eigenvalue weighted by molar-refractivity contribution is 0.182. The molecule has 0 saturated carbocycles. The Kier molecular flexibility index (Phi) is 2.15. The van der Waals surface area contributed by atoms with Gasteiger partial charge in [0.15, 0.2) is 0 Å². The summed E-state index contributed by atoms with van der Waals surface area (Å²) in [5.74, 6) is -0.876. The molecule has 1 aliphatic rings. The fraction of sp³-hybridized carbons (Fsp3) is 0.400. The molecule has 1 atom stereocenters. The van der Waals surface area contributed by atoms with Crippen molar-refractivity contribution >= 4 is 5.69 Å². The van der Waals surface area contributed by atoms with Gasteiger partial charge in [-0.3, -0.25) is 0 Å². The number of halogens is 2. The highest BCUT2D eigenvalue weighted by Crippen LogP contribution is 2.29. The predicted octanol–water partition coefficient (Wildman–Crippen LogP) is 1.60. The number of anilines is 1. The summed E-state index contributed by atoms with van der Waals surface area (Å²) in [4.78, 5) is 0. The van der Waals surface area contributed by atoms with Gasteiger partial charge in [-0.2, -0.15) is 0 Å². The molecule has 0 bridgehead atoms. The molecular weight excluding hydrogens is 188 g/mol. The van der Waals surface area contributed by atoms with E-state index in [1.54, 1.807) is 0 Å². The summed E-state index contributed by atoms with van der Waals surface area (Å²) in [6.45, 7) is 1.78.